The molecule has 0 heterocycles. The number of amides is 1. The fourth-order valence-corrected chi connectivity index (χ4v) is 4.52. The number of rotatable bonds is 9. The second kappa shape index (κ2) is 11.2. The van der Waals surface area contributed by atoms with Gasteiger partial charge in [0.15, 0.2) is 11.5 Å². The molecule has 0 saturated heterocycles. The van der Waals surface area contributed by atoms with Gasteiger partial charge in [-0.25, -0.2) is 8.42 Å². The Morgan fingerprint density at radius 1 is 0.914 bits per heavy atom. The maximum Gasteiger partial charge on any atom is 0.261 e. The molecule has 35 heavy (non-hydrogen) atoms. The number of sulfonamides is 1. The van der Waals surface area contributed by atoms with Crippen LogP contribution in [-0.2, 0) is 14.8 Å². The van der Waals surface area contributed by atoms with E-state index in [0.717, 1.165) is 5.56 Å². The Morgan fingerprint density at radius 3 is 2.23 bits per heavy atom. The van der Waals surface area contributed by atoms with Crippen molar-refractivity contribution >= 4 is 45.0 Å². The normalized spacial score (nSPS) is 11.2. The lowest BCUT2D eigenvalue weighted by Crippen LogP contribution is -2.14. The van der Waals surface area contributed by atoms with Crippen molar-refractivity contribution in [3.63, 3.8) is 0 Å². The molecule has 0 radical (unpaired) electrons. The molecule has 0 spiro atoms. The quantitative estimate of drug-likeness (QED) is 0.382. The number of carbonyl (C=O) groups excluding carboxylic acids is 1. The predicted molar refractivity (Wildman–Crippen MR) is 137 cm³/mol. The van der Waals surface area contributed by atoms with Crippen LogP contribution in [0.3, 0.4) is 0 Å². The number of nitrogens with one attached hydrogen (secondary N) is 2. The van der Waals surface area contributed by atoms with E-state index < -0.39 is 15.9 Å². The van der Waals surface area contributed by atoms with Crippen LogP contribution in [-0.4, -0.2) is 35.7 Å². The van der Waals surface area contributed by atoms with Gasteiger partial charge in [-0.05, 0) is 67.1 Å². The smallest absolute Gasteiger partial charge is 0.261 e. The molecule has 0 atom stereocenters. The predicted octanol–water partition coefficient (Wildman–Crippen LogP) is 5.13. The van der Waals surface area contributed by atoms with Gasteiger partial charge in [-0.3, -0.25) is 9.52 Å². The number of halogens is 1. The van der Waals surface area contributed by atoms with Crippen molar-refractivity contribution in [3.8, 4) is 17.2 Å². The van der Waals surface area contributed by atoms with Gasteiger partial charge in [0.25, 0.3) is 10.0 Å². The van der Waals surface area contributed by atoms with E-state index in [1.165, 1.54) is 51.7 Å². The molecule has 8 nitrogen and oxygen atoms in total. The second-order valence-electron chi connectivity index (χ2n) is 7.34. The van der Waals surface area contributed by atoms with Crippen LogP contribution in [0.15, 0.2) is 65.6 Å². The van der Waals surface area contributed by atoms with Crippen LogP contribution in [0.25, 0.3) is 6.08 Å². The molecule has 2 N–H and O–H groups in total. The van der Waals surface area contributed by atoms with E-state index in [4.69, 9.17) is 25.8 Å². The molecule has 3 aromatic rings. The minimum Gasteiger partial charge on any atom is -0.493 e. The topological polar surface area (TPSA) is 103 Å². The van der Waals surface area contributed by atoms with Crippen LogP contribution in [0.4, 0.5) is 11.4 Å². The van der Waals surface area contributed by atoms with Crippen LogP contribution in [0.2, 0.25) is 5.02 Å². The zero-order chi connectivity index (χ0) is 25.6. The Labute approximate surface area is 209 Å². The number of carbonyl (C=O) groups is 1. The van der Waals surface area contributed by atoms with Crippen molar-refractivity contribution in [2.45, 2.75) is 11.8 Å². The van der Waals surface area contributed by atoms with Gasteiger partial charge in [-0.1, -0.05) is 17.7 Å². The SMILES string of the molecule is COc1ccc(C=CC(=O)Nc2ccc(S(=O)(=O)Nc3cc(Cl)ccc3C)cc2)c(OC)c1OC. The van der Waals surface area contributed by atoms with E-state index in [2.05, 4.69) is 10.0 Å². The number of hydrogen-bond acceptors (Lipinski definition) is 6. The Hall–Kier alpha value is -3.69. The van der Waals surface area contributed by atoms with Crippen molar-refractivity contribution in [1.29, 1.82) is 0 Å². The third-order valence-electron chi connectivity index (χ3n) is 5.02. The van der Waals surface area contributed by atoms with Gasteiger partial charge >= 0.3 is 0 Å². The van der Waals surface area contributed by atoms with E-state index in [0.29, 0.717) is 39.2 Å². The molecule has 184 valence electrons. The number of anilines is 2. The van der Waals surface area contributed by atoms with Crippen molar-refractivity contribution in [3.05, 3.63) is 76.8 Å². The van der Waals surface area contributed by atoms with Crippen molar-refractivity contribution in [2.75, 3.05) is 31.4 Å². The van der Waals surface area contributed by atoms with E-state index >= 15 is 0 Å². The molecule has 10 heteroatoms. The summed E-state index contributed by atoms with van der Waals surface area (Å²) in [6.07, 6.45) is 2.91. The molecular weight excluding hydrogens is 492 g/mol. The van der Waals surface area contributed by atoms with Gasteiger partial charge in [-0.2, -0.15) is 0 Å². The number of aryl methyl sites for hydroxylation is 1. The van der Waals surface area contributed by atoms with Crippen molar-refractivity contribution in [2.24, 2.45) is 0 Å². The van der Waals surface area contributed by atoms with Gasteiger partial charge in [0.2, 0.25) is 11.7 Å². The second-order valence-corrected chi connectivity index (χ2v) is 9.45. The summed E-state index contributed by atoms with van der Waals surface area (Å²) in [5.41, 5.74) is 2.17. The standard InChI is InChI=1S/C25H25ClN2O6S/c1-16-5-8-18(26)15-21(16)28-35(30,31)20-11-9-19(10-12-20)27-23(29)14-7-17-6-13-22(32-2)25(34-4)24(17)33-3/h5-15,28H,1-4H3,(H,27,29). The summed E-state index contributed by atoms with van der Waals surface area (Å²) in [4.78, 5) is 12.5. The monoisotopic (exact) mass is 516 g/mol. The van der Waals surface area contributed by atoms with Crippen LogP contribution in [0, 0.1) is 6.92 Å². The van der Waals surface area contributed by atoms with Crippen LogP contribution >= 0.6 is 11.6 Å². The lowest BCUT2D eigenvalue weighted by molar-refractivity contribution is -0.111. The molecule has 0 fully saturated rings. The first kappa shape index (κ1) is 25.9. The summed E-state index contributed by atoms with van der Waals surface area (Å²) in [7, 11) is 0.673. The zero-order valence-corrected chi connectivity index (χ0v) is 21.2. The number of ether oxygens (including phenoxy) is 3. The highest BCUT2D eigenvalue weighted by Crippen LogP contribution is 2.40. The molecule has 0 bridgehead atoms. The van der Waals surface area contributed by atoms with Gasteiger partial charge in [-0.15, -0.1) is 0 Å². The molecule has 3 rings (SSSR count). The summed E-state index contributed by atoms with van der Waals surface area (Å²) >= 11 is 5.97. The minimum atomic E-state index is -3.84. The Kier molecular flexibility index (Phi) is 8.26. The van der Waals surface area contributed by atoms with E-state index in [9.17, 15) is 13.2 Å². The summed E-state index contributed by atoms with van der Waals surface area (Å²) in [5, 5.41) is 3.11. The molecule has 3 aromatic carbocycles. The number of hydrogen-bond donors (Lipinski definition) is 2. The lowest BCUT2D eigenvalue weighted by atomic mass is 10.1. The first-order valence-electron chi connectivity index (χ1n) is 10.4. The molecule has 0 aliphatic carbocycles. The van der Waals surface area contributed by atoms with Gasteiger partial charge in [0.1, 0.15) is 0 Å². The zero-order valence-electron chi connectivity index (χ0n) is 19.6. The summed E-state index contributed by atoms with van der Waals surface area (Å²) < 4.78 is 44.0. The van der Waals surface area contributed by atoms with Gasteiger partial charge in [0.05, 0.1) is 31.9 Å². The highest BCUT2D eigenvalue weighted by atomic mass is 35.5. The van der Waals surface area contributed by atoms with E-state index in [-0.39, 0.29) is 4.90 Å². The minimum absolute atomic E-state index is 0.0421. The van der Waals surface area contributed by atoms with E-state index in [1.54, 1.807) is 43.3 Å². The summed E-state index contributed by atoms with van der Waals surface area (Å²) in [6, 6.07) is 14.2. The molecule has 0 aromatic heterocycles. The van der Waals surface area contributed by atoms with Crippen LogP contribution < -0.4 is 24.2 Å². The molecular formula is C25H25ClN2O6S. The van der Waals surface area contributed by atoms with Crippen LogP contribution in [0.5, 0.6) is 17.2 Å². The molecule has 0 saturated carbocycles. The third-order valence-corrected chi connectivity index (χ3v) is 6.64. The Morgan fingerprint density at radius 2 is 1.60 bits per heavy atom. The first-order valence-corrected chi connectivity index (χ1v) is 12.2. The highest BCUT2D eigenvalue weighted by Gasteiger charge is 2.16. The Bertz CT molecular complexity index is 1360. The lowest BCUT2D eigenvalue weighted by Gasteiger charge is -2.14. The average molecular weight is 517 g/mol. The molecule has 0 unspecified atom stereocenters. The third kappa shape index (κ3) is 6.26. The van der Waals surface area contributed by atoms with Gasteiger partial charge < -0.3 is 19.5 Å². The molecule has 0 aliphatic heterocycles. The largest absolute Gasteiger partial charge is 0.493 e. The maximum atomic E-state index is 12.7. The van der Waals surface area contributed by atoms with E-state index in [1.807, 2.05) is 0 Å². The van der Waals surface area contributed by atoms with Crippen molar-refractivity contribution in [1.82, 2.24) is 0 Å². The summed E-state index contributed by atoms with van der Waals surface area (Å²) in [5.74, 6) is 0.926. The average Bonchev–Trinajstić information content (AvgIpc) is 2.84. The van der Waals surface area contributed by atoms with Crippen LogP contribution in [0.1, 0.15) is 11.1 Å². The first-order chi connectivity index (χ1) is 16.7. The highest BCUT2D eigenvalue weighted by molar-refractivity contribution is 7.92. The van der Waals surface area contributed by atoms with Gasteiger partial charge in [0, 0.05) is 22.3 Å². The number of benzene rings is 3. The van der Waals surface area contributed by atoms with Crippen molar-refractivity contribution < 1.29 is 27.4 Å². The summed E-state index contributed by atoms with van der Waals surface area (Å²) in [6.45, 7) is 1.78. The maximum absolute atomic E-state index is 12.7. The molecule has 1 amide bonds. The fraction of sp³-hybridized carbons (Fsp3) is 0.160. The number of methoxy groups -OCH3 is 3. The molecule has 0 aliphatic rings. The fourth-order valence-electron chi connectivity index (χ4n) is 3.23. The Balaban J connectivity index is 1.71.